The van der Waals surface area contributed by atoms with Crippen LogP contribution in [0.4, 0.5) is 11.4 Å². The zero-order chi connectivity index (χ0) is 22.2. The first-order chi connectivity index (χ1) is 14.7. The Morgan fingerprint density at radius 3 is 2.52 bits per heavy atom. The van der Waals surface area contributed by atoms with Crippen LogP contribution < -0.4 is 9.60 Å². The second kappa shape index (κ2) is 8.14. The lowest BCUT2D eigenvalue weighted by Crippen LogP contribution is -2.14. The second-order valence-electron chi connectivity index (χ2n) is 6.60. The molecule has 1 aromatic heterocycles. The van der Waals surface area contributed by atoms with E-state index < -0.39 is 14.9 Å². The number of nitro benzene ring substituents is 1. The minimum atomic E-state index is -4.09. The Hall–Kier alpha value is -3.21. The number of hydrogen-bond donors (Lipinski definition) is 1. The monoisotopic (exact) mass is 475 g/mol. The number of aromatic nitrogens is 1. The molecule has 0 amide bonds. The van der Waals surface area contributed by atoms with Crippen molar-refractivity contribution in [1.29, 1.82) is 0 Å². The lowest BCUT2D eigenvalue weighted by Gasteiger charge is -2.10. The smallest absolute Gasteiger partial charge is 0.294 e. The Labute approximate surface area is 185 Å². The number of benzene rings is 3. The van der Waals surface area contributed by atoms with Crippen LogP contribution >= 0.6 is 22.9 Å². The molecule has 31 heavy (non-hydrogen) atoms. The molecule has 158 valence electrons. The number of thiazole rings is 1. The molecule has 11 heteroatoms. The fourth-order valence-corrected chi connectivity index (χ4v) is 5.36. The van der Waals surface area contributed by atoms with Crippen molar-refractivity contribution >= 4 is 54.6 Å². The van der Waals surface area contributed by atoms with E-state index in [2.05, 4.69) is 4.72 Å². The number of nitrogens with one attached hydrogen (secondary N) is 1. The predicted octanol–water partition coefficient (Wildman–Crippen LogP) is 4.47. The topological polar surface area (TPSA) is 111 Å². The van der Waals surface area contributed by atoms with Crippen LogP contribution in [0.3, 0.4) is 0 Å². The summed E-state index contributed by atoms with van der Waals surface area (Å²) in [4.78, 5) is 22.5. The first kappa shape index (κ1) is 21.0. The summed E-state index contributed by atoms with van der Waals surface area (Å²) in [6.45, 7) is 0.368. The molecule has 0 atom stereocenters. The van der Waals surface area contributed by atoms with Crippen LogP contribution in [0, 0.1) is 10.1 Å². The minimum absolute atomic E-state index is 0.0222. The van der Waals surface area contributed by atoms with Gasteiger partial charge in [-0.25, -0.2) is 8.42 Å². The van der Waals surface area contributed by atoms with Crippen molar-refractivity contribution in [2.24, 2.45) is 0 Å². The fraction of sp³-hybridized carbons (Fsp3) is 0.0500. The molecule has 0 saturated carbocycles. The van der Waals surface area contributed by atoms with Crippen molar-refractivity contribution in [2.45, 2.75) is 11.4 Å². The normalized spacial score (nSPS) is 11.5. The Kier molecular flexibility index (Phi) is 5.52. The van der Waals surface area contributed by atoms with E-state index in [9.17, 15) is 23.3 Å². The molecule has 0 spiro atoms. The Balaban J connectivity index is 1.69. The zero-order valence-electron chi connectivity index (χ0n) is 15.7. The maximum atomic E-state index is 12.8. The first-order valence-electron chi connectivity index (χ1n) is 8.89. The molecule has 4 aromatic rings. The van der Waals surface area contributed by atoms with E-state index in [1.807, 2.05) is 30.3 Å². The Morgan fingerprint density at radius 2 is 1.81 bits per heavy atom. The summed E-state index contributed by atoms with van der Waals surface area (Å²) < 4.78 is 30.1. The van der Waals surface area contributed by atoms with Gasteiger partial charge in [-0.2, -0.15) is 0 Å². The van der Waals surface area contributed by atoms with Crippen molar-refractivity contribution in [3.8, 4) is 0 Å². The molecule has 3 aromatic carbocycles. The number of rotatable bonds is 6. The van der Waals surface area contributed by atoms with Gasteiger partial charge >= 0.3 is 4.87 Å². The summed E-state index contributed by atoms with van der Waals surface area (Å²) in [5, 5.41) is 11.0. The van der Waals surface area contributed by atoms with Gasteiger partial charge < -0.3 is 0 Å². The summed E-state index contributed by atoms with van der Waals surface area (Å²) in [5.41, 5.74) is 1.16. The van der Waals surface area contributed by atoms with Crippen LogP contribution in [0.2, 0.25) is 5.02 Å². The quantitative estimate of drug-likeness (QED) is 0.326. The van der Waals surface area contributed by atoms with Gasteiger partial charge in [0, 0.05) is 12.1 Å². The average Bonchev–Trinajstić information content (AvgIpc) is 3.04. The van der Waals surface area contributed by atoms with Gasteiger partial charge in [0.1, 0.15) is 0 Å². The van der Waals surface area contributed by atoms with Crippen molar-refractivity contribution in [3.63, 3.8) is 0 Å². The summed E-state index contributed by atoms with van der Waals surface area (Å²) >= 11 is 6.94. The summed E-state index contributed by atoms with van der Waals surface area (Å²) in [7, 11) is -4.09. The highest BCUT2D eigenvalue weighted by molar-refractivity contribution is 7.92. The van der Waals surface area contributed by atoms with Gasteiger partial charge in [-0.05, 0) is 29.8 Å². The predicted molar refractivity (Wildman–Crippen MR) is 121 cm³/mol. The number of halogens is 1. The highest BCUT2D eigenvalue weighted by Crippen LogP contribution is 2.30. The fourth-order valence-electron chi connectivity index (χ4n) is 3.04. The van der Waals surface area contributed by atoms with Gasteiger partial charge in [0.2, 0.25) is 0 Å². The SMILES string of the molecule is O=c1sc2cc(S(=O)(=O)Nc3cc([N+](=O)[O-])ccc3Cl)ccc2n1Cc1ccccc1. The van der Waals surface area contributed by atoms with Gasteiger partial charge in [0.05, 0.1) is 37.3 Å². The molecular formula is C20H14ClN3O5S2. The van der Waals surface area contributed by atoms with Gasteiger partial charge in [-0.15, -0.1) is 0 Å². The largest absolute Gasteiger partial charge is 0.308 e. The van der Waals surface area contributed by atoms with Crippen LogP contribution in [0.1, 0.15) is 5.56 Å². The third-order valence-corrected chi connectivity index (χ3v) is 7.17. The van der Waals surface area contributed by atoms with E-state index in [0.717, 1.165) is 23.0 Å². The Morgan fingerprint density at radius 1 is 1.06 bits per heavy atom. The molecule has 4 rings (SSSR count). The summed E-state index contributed by atoms with van der Waals surface area (Å²) in [6, 6.07) is 17.3. The molecule has 8 nitrogen and oxygen atoms in total. The van der Waals surface area contributed by atoms with E-state index in [-0.39, 0.29) is 26.2 Å². The van der Waals surface area contributed by atoms with Crippen molar-refractivity contribution in [3.05, 3.63) is 97.1 Å². The van der Waals surface area contributed by atoms with Gasteiger partial charge in [0.15, 0.2) is 0 Å². The first-order valence-corrected chi connectivity index (χ1v) is 11.6. The number of anilines is 1. The summed E-state index contributed by atoms with van der Waals surface area (Å²) in [5.74, 6) is 0. The molecule has 0 unspecified atom stereocenters. The molecule has 0 bridgehead atoms. The maximum Gasteiger partial charge on any atom is 0.308 e. The molecule has 0 aliphatic carbocycles. The van der Waals surface area contributed by atoms with E-state index in [4.69, 9.17) is 11.6 Å². The minimum Gasteiger partial charge on any atom is -0.294 e. The van der Waals surface area contributed by atoms with Crippen LogP contribution in [-0.4, -0.2) is 17.9 Å². The highest BCUT2D eigenvalue weighted by atomic mass is 35.5. The molecule has 0 aliphatic heterocycles. The maximum absolute atomic E-state index is 12.8. The van der Waals surface area contributed by atoms with Crippen molar-refractivity contribution in [2.75, 3.05) is 4.72 Å². The molecule has 0 saturated heterocycles. The number of fused-ring (bicyclic) bond motifs is 1. The number of sulfonamides is 1. The van der Waals surface area contributed by atoms with Crippen LogP contribution in [-0.2, 0) is 16.6 Å². The number of nitrogens with zero attached hydrogens (tertiary/aromatic N) is 2. The van der Waals surface area contributed by atoms with Crippen LogP contribution in [0.5, 0.6) is 0 Å². The molecule has 1 heterocycles. The Bertz CT molecular complexity index is 1460. The number of non-ortho nitro benzene ring substituents is 1. The standard InChI is InChI=1S/C20H14ClN3O5S2/c21-16-8-6-14(24(26)27)10-17(16)22-31(28,29)15-7-9-18-19(11-15)30-20(25)23(18)12-13-4-2-1-3-5-13/h1-11,22H,12H2. The zero-order valence-corrected chi connectivity index (χ0v) is 18.1. The van der Waals surface area contributed by atoms with E-state index in [1.54, 1.807) is 10.6 Å². The lowest BCUT2D eigenvalue weighted by molar-refractivity contribution is -0.384. The third kappa shape index (κ3) is 4.31. The van der Waals surface area contributed by atoms with Crippen LogP contribution in [0.25, 0.3) is 10.2 Å². The van der Waals surface area contributed by atoms with E-state index in [1.165, 1.54) is 24.3 Å². The lowest BCUT2D eigenvalue weighted by atomic mass is 10.2. The van der Waals surface area contributed by atoms with Crippen molar-refractivity contribution in [1.82, 2.24) is 4.57 Å². The third-order valence-electron chi connectivity index (χ3n) is 4.54. The highest BCUT2D eigenvalue weighted by Gasteiger charge is 2.20. The van der Waals surface area contributed by atoms with Gasteiger partial charge in [-0.1, -0.05) is 53.3 Å². The van der Waals surface area contributed by atoms with Gasteiger partial charge in [0.25, 0.3) is 15.7 Å². The van der Waals surface area contributed by atoms with Gasteiger partial charge in [-0.3, -0.25) is 24.2 Å². The van der Waals surface area contributed by atoms with E-state index >= 15 is 0 Å². The molecular weight excluding hydrogens is 462 g/mol. The number of nitro groups is 1. The van der Waals surface area contributed by atoms with Crippen molar-refractivity contribution < 1.29 is 13.3 Å². The molecule has 0 fully saturated rings. The average molecular weight is 476 g/mol. The molecule has 0 aliphatic rings. The van der Waals surface area contributed by atoms with Crippen LogP contribution in [0.15, 0.2) is 76.4 Å². The summed E-state index contributed by atoms with van der Waals surface area (Å²) in [6.07, 6.45) is 0. The second-order valence-corrected chi connectivity index (χ2v) is 9.68. The molecule has 0 radical (unpaired) electrons. The molecule has 1 N–H and O–H groups in total. The van der Waals surface area contributed by atoms with E-state index in [0.29, 0.717) is 16.8 Å². The number of hydrogen-bond acceptors (Lipinski definition) is 6.